The van der Waals surface area contributed by atoms with Gasteiger partial charge >= 0.3 is 0 Å². The number of nitrogens with one attached hydrogen (secondary N) is 2. The largest absolute Gasteiger partial charge is 0.493 e. The molecule has 0 aromatic heterocycles. The third-order valence-corrected chi connectivity index (χ3v) is 3.14. The summed E-state index contributed by atoms with van der Waals surface area (Å²) >= 11 is 0. The Bertz CT molecular complexity index is 630. The van der Waals surface area contributed by atoms with Gasteiger partial charge in [0.1, 0.15) is 5.75 Å². The van der Waals surface area contributed by atoms with Crippen molar-refractivity contribution in [2.75, 3.05) is 21.2 Å². The molecule has 0 aliphatic rings. The first-order valence-corrected chi connectivity index (χ1v) is 7.05. The molecule has 0 unspecified atom stereocenters. The Morgan fingerprint density at radius 2 is 1.70 bits per heavy atom. The number of guanidine groups is 1. The lowest BCUT2D eigenvalue weighted by Gasteiger charge is -2.11. The highest BCUT2D eigenvalue weighted by Gasteiger charge is 2.04. The van der Waals surface area contributed by atoms with Crippen LogP contribution in [0.25, 0.3) is 0 Å². The van der Waals surface area contributed by atoms with Gasteiger partial charge in [-0.25, -0.2) is 0 Å². The molecule has 0 aliphatic carbocycles. The van der Waals surface area contributed by atoms with Crippen molar-refractivity contribution < 1.29 is 9.47 Å². The average Bonchev–Trinajstić information content (AvgIpc) is 2.58. The second-order valence-corrected chi connectivity index (χ2v) is 4.57. The molecule has 0 fully saturated rings. The Kier molecular flexibility index (Phi) is 8.25. The molecule has 23 heavy (non-hydrogen) atoms. The van der Waals surface area contributed by atoms with Crippen LogP contribution in [-0.4, -0.2) is 27.2 Å². The van der Waals surface area contributed by atoms with Crippen molar-refractivity contribution in [1.29, 1.82) is 0 Å². The van der Waals surface area contributed by atoms with Crippen molar-refractivity contribution in [2.24, 2.45) is 4.99 Å². The molecule has 0 aliphatic heterocycles. The van der Waals surface area contributed by atoms with Crippen molar-refractivity contribution in [3.8, 4) is 17.2 Å². The summed E-state index contributed by atoms with van der Waals surface area (Å²) < 4.78 is 11.1. The van der Waals surface area contributed by atoms with Crippen LogP contribution in [0.3, 0.4) is 0 Å². The summed E-state index contributed by atoms with van der Waals surface area (Å²) in [6, 6.07) is 15.5. The van der Waals surface area contributed by atoms with E-state index in [2.05, 4.69) is 15.6 Å². The molecule has 0 saturated heterocycles. The molecule has 0 atom stereocenters. The fourth-order valence-electron chi connectivity index (χ4n) is 1.97. The molecule has 0 heterocycles. The number of rotatable bonds is 5. The van der Waals surface area contributed by atoms with Crippen molar-refractivity contribution >= 4 is 29.9 Å². The Hall–Kier alpha value is -1.96. The first-order chi connectivity index (χ1) is 10.8. The number of methoxy groups -OCH3 is 1. The Labute approximate surface area is 154 Å². The van der Waals surface area contributed by atoms with Crippen LogP contribution < -0.4 is 20.1 Å². The molecule has 0 spiro atoms. The Balaban J connectivity index is 0.00000264. The van der Waals surface area contributed by atoms with E-state index < -0.39 is 0 Å². The molecule has 6 heteroatoms. The summed E-state index contributed by atoms with van der Waals surface area (Å²) in [4.78, 5) is 4.07. The minimum absolute atomic E-state index is 0. The minimum atomic E-state index is 0. The van der Waals surface area contributed by atoms with Gasteiger partial charge in [-0.05, 0) is 29.8 Å². The van der Waals surface area contributed by atoms with Gasteiger partial charge in [0.25, 0.3) is 0 Å². The highest BCUT2D eigenvalue weighted by molar-refractivity contribution is 14.0. The van der Waals surface area contributed by atoms with E-state index in [-0.39, 0.29) is 24.0 Å². The summed E-state index contributed by atoms with van der Waals surface area (Å²) in [5, 5.41) is 6.18. The monoisotopic (exact) mass is 427 g/mol. The standard InChI is InChI=1S/C17H21N3O2.HI/c1-18-17(19-2)20-12-13-8-10-14(11-9-13)22-16-7-5-4-6-15(16)21-3;/h4-11H,12H2,1-3H3,(H2,18,19,20);1H. The van der Waals surface area contributed by atoms with E-state index in [1.165, 1.54) is 0 Å². The normalized spacial score (nSPS) is 10.5. The van der Waals surface area contributed by atoms with E-state index in [0.29, 0.717) is 18.0 Å². The zero-order chi connectivity index (χ0) is 15.8. The quantitative estimate of drug-likeness (QED) is 0.437. The molecule has 0 amide bonds. The third-order valence-electron chi connectivity index (χ3n) is 3.14. The van der Waals surface area contributed by atoms with E-state index in [1.54, 1.807) is 14.2 Å². The van der Waals surface area contributed by atoms with E-state index in [1.807, 2.05) is 55.6 Å². The molecule has 0 saturated carbocycles. The number of hydrogen-bond acceptors (Lipinski definition) is 3. The lowest BCUT2D eigenvalue weighted by molar-refractivity contribution is 0.379. The van der Waals surface area contributed by atoms with E-state index in [9.17, 15) is 0 Å². The summed E-state index contributed by atoms with van der Waals surface area (Å²) in [5.41, 5.74) is 1.14. The molecule has 2 aromatic carbocycles. The number of benzene rings is 2. The number of aliphatic imine (C=N–C) groups is 1. The molecule has 0 radical (unpaired) electrons. The second kappa shape index (κ2) is 9.94. The van der Waals surface area contributed by atoms with Gasteiger partial charge in [-0.3, -0.25) is 4.99 Å². The predicted octanol–water partition coefficient (Wildman–Crippen LogP) is 3.40. The van der Waals surface area contributed by atoms with Crippen molar-refractivity contribution in [3.05, 3.63) is 54.1 Å². The summed E-state index contributed by atoms with van der Waals surface area (Å²) in [5.74, 6) is 2.94. The first kappa shape index (κ1) is 19.1. The number of ether oxygens (including phenoxy) is 2. The van der Waals surface area contributed by atoms with Crippen LogP contribution in [0.2, 0.25) is 0 Å². The summed E-state index contributed by atoms with van der Waals surface area (Å²) in [7, 11) is 5.20. The van der Waals surface area contributed by atoms with Crippen LogP contribution in [-0.2, 0) is 6.54 Å². The molecule has 2 N–H and O–H groups in total. The maximum Gasteiger partial charge on any atom is 0.190 e. The van der Waals surface area contributed by atoms with Gasteiger partial charge in [-0.1, -0.05) is 24.3 Å². The van der Waals surface area contributed by atoms with Crippen molar-refractivity contribution in [1.82, 2.24) is 10.6 Å². The minimum Gasteiger partial charge on any atom is -0.493 e. The van der Waals surface area contributed by atoms with Crippen molar-refractivity contribution in [3.63, 3.8) is 0 Å². The molecule has 5 nitrogen and oxygen atoms in total. The van der Waals surface area contributed by atoms with Gasteiger partial charge in [0.15, 0.2) is 17.5 Å². The molecular weight excluding hydrogens is 405 g/mol. The zero-order valence-corrected chi connectivity index (χ0v) is 15.8. The molecule has 2 rings (SSSR count). The molecular formula is C17H22IN3O2. The smallest absolute Gasteiger partial charge is 0.190 e. The maximum absolute atomic E-state index is 5.84. The van der Waals surface area contributed by atoms with Gasteiger partial charge < -0.3 is 20.1 Å². The number of halogens is 1. The molecule has 0 bridgehead atoms. The van der Waals surface area contributed by atoms with Crippen LogP contribution in [0, 0.1) is 0 Å². The van der Waals surface area contributed by atoms with Crippen LogP contribution in [0.4, 0.5) is 0 Å². The predicted molar refractivity (Wildman–Crippen MR) is 104 cm³/mol. The number of para-hydroxylation sites is 2. The fraction of sp³-hybridized carbons (Fsp3) is 0.235. The van der Waals surface area contributed by atoms with Gasteiger partial charge in [0.2, 0.25) is 0 Å². The molecule has 124 valence electrons. The highest BCUT2D eigenvalue weighted by Crippen LogP contribution is 2.30. The van der Waals surface area contributed by atoms with E-state index in [0.717, 1.165) is 17.3 Å². The lowest BCUT2D eigenvalue weighted by atomic mass is 10.2. The number of nitrogens with zero attached hydrogens (tertiary/aromatic N) is 1. The highest BCUT2D eigenvalue weighted by atomic mass is 127. The van der Waals surface area contributed by atoms with Crippen LogP contribution in [0.1, 0.15) is 5.56 Å². The van der Waals surface area contributed by atoms with Gasteiger partial charge in [0, 0.05) is 20.6 Å². The zero-order valence-electron chi connectivity index (χ0n) is 13.5. The molecule has 2 aromatic rings. The second-order valence-electron chi connectivity index (χ2n) is 4.57. The van der Waals surface area contributed by atoms with Gasteiger partial charge in [-0.2, -0.15) is 0 Å². The van der Waals surface area contributed by atoms with Crippen LogP contribution in [0.5, 0.6) is 17.2 Å². The average molecular weight is 427 g/mol. The Morgan fingerprint density at radius 3 is 2.26 bits per heavy atom. The fourth-order valence-corrected chi connectivity index (χ4v) is 1.97. The summed E-state index contributed by atoms with van der Waals surface area (Å²) in [6.45, 7) is 0.697. The van der Waals surface area contributed by atoms with Gasteiger partial charge in [-0.15, -0.1) is 24.0 Å². The first-order valence-electron chi connectivity index (χ1n) is 7.05. The SMILES string of the molecule is CN=C(NC)NCc1ccc(Oc2ccccc2OC)cc1.I. The Morgan fingerprint density at radius 1 is 1.04 bits per heavy atom. The van der Waals surface area contributed by atoms with E-state index in [4.69, 9.17) is 9.47 Å². The lowest BCUT2D eigenvalue weighted by Crippen LogP contribution is -2.33. The topological polar surface area (TPSA) is 54.9 Å². The van der Waals surface area contributed by atoms with E-state index >= 15 is 0 Å². The van der Waals surface area contributed by atoms with Crippen LogP contribution in [0.15, 0.2) is 53.5 Å². The summed E-state index contributed by atoms with van der Waals surface area (Å²) in [6.07, 6.45) is 0. The van der Waals surface area contributed by atoms with Gasteiger partial charge in [0.05, 0.1) is 7.11 Å². The number of hydrogen-bond donors (Lipinski definition) is 2. The van der Waals surface area contributed by atoms with Crippen LogP contribution >= 0.6 is 24.0 Å². The third kappa shape index (κ3) is 5.63. The van der Waals surface area contributed by atoms with Crippen molar-refractivity contribution in [2.45, 2.75) is 6.54 Å². The maximum atomic E-state index is 5.84.